The third-order valence-electron chi connectivity index (χ3n) is 2.37. The fourth-order valence-electron chi connectivity index (χ4n) is 1.27. The molecule has 0 radical (unpaired) electrons. The van der Waals surface area contributed by atoms with Gasteiger partial charge in [-0.05, 0) is 26.2 Å². The van der Waals surface area contributed by atoms with E-state index in [1.54, 1.807) is 0 Å². The van der Waals surface area contributed by atoms with Crippen LogP contribution in [0.2, 0.25) is 0 Å². The van der Waals surface area contributed by atoms with E-state index < -0.39 is 0 Å². The summed E-state index contributed by atoms with van der Waals surface area (Å²) in [5.41, 5.74) is 1.22. The molecule has 1 unspecified atom stereocenters. The van der Waals surface area contributed by atoms with Gasteiger partial charge in [-0.3, -0.25) is 0 Å². The summed E-state index contributed by atoms with van der Waals surface area (Å²) in [4.78, 5) is 0. The monoisotopic (exact) mass is 156 g/mol. The zero-order valence-corrected chi connectivity index (χ0v) is 8.94. The van der Waals surface area contributed by atoms with E-state index in [4.69, 9.17) is 4.74 Å². The van der Waals surface area contributed by atoms with Gasteiger partial charge in [-0.15, -0.1) is 0 Å². The molecule has 1 nitrogen and oxygen atoms in total. The molecule has 2 heteroatoms. The van der Waals surface area contributed by atoms with Gasteiger partial charge in [0.05, 0.1) is 5.22 Å². The van der Waals surface area contributed by atoms with Crippen molar-refractivity contribution in [3.8, 4) is 0 Å². The molecule has 58 valence electrons. The maximum atomic E-state index is 5.69. The molecule has 0 saturated carbocycles. The van der Waals surface area contributed by atoms with Gasteiger partial charge in [-0.1, -0.05) is 12.2 Å². The molecule has 0 aromatic carbocycles. The Morgan fingerprint density at radius 1 is 1.60 bits per heavy atom. The fraction of sp³-hybridized carbons (Fsp3) is 0.750. The van der Waals surface area contributed by atoms with Crippen molar-refractivity contribution in [2.24, 2.45) is 0 Å². The second-order valence-corrected chi connectivity index (χ2v) is 4.93. The quantitative estimate of drug-likeness (QED) is 0.403. The third-order valence-corrected chi connectivity index (χ3v) is 4.01. The van der Waals surface area contributed by atoms with Gasteiger partial charge in [0.25, 0.3) is 0 Å². The Morgan fingerprint density at radius 2 is 2.30 bits per heavy atom. The van der Waals surface area contributed by atoms with Gasteiger partial charge in [0.15, 0.2) is 0 Å². The molecule has 1 heterocycles. The zero-order valence-electron chi connectivity index (χ0n) is 6.94. The molecule has 10 heavy (non-hydrogen) atoms. The van der Waals surface area contributed by atoms with Crippen LogP contribution >= 0.6 is 0 Å². The fourth-order valence-corrected chi connectivity index (χ4v) is 1.83. The Hall–Kier alpha value is -0.0831. The summed E-state index contributed by atoms with van der Waals surface area (Å²) < 4.78 is 5.69. The largest absolute Gasteiger partial charge is 0.375 e. The van der Waals surface area contributed by atoms with Gasteiger partial charge in [0.2, 0.25) is 0 Å². The van der Waals surface area contributed by atoms with Gasteiger partial charge in [-0.25, -0.2) is 0 Å². The number of rotatable bonds is 1. The molecule has 0 amide bonds. The van der Waals surface area contributed by atoms with Crippen molar-refractivity contribution in [2.45, 2.75) is 31.4 Å². The van der Waals surface area contributed by atoms with E-state index in [1.807, 2.05) is 0 Å². The maximum Gasteiger partial charge on any atom is 0.0679 e. The lowest BCUT2D eigenvalue weighted by Crippen LogP contribution is -2.37. The Kier molecular flexibility index (Phi) is 2.31. The first-order valence-corrected chi connectivity index (χ1v) is 4.95. The molecule has 0 aromatic heterocycles. The van der Waals surface area contributed by atoms with Crippen LogP contribution in [0.15, 0.2) is 12.2 Å². The van der Waals surface area contributed by atoms with E-state index in [0.29, 0.717) is 0 Å². The maximum absolute atomic E-state index is 5.69. The van der Waals surface area contributed by atoms with Crippen LogP contribution in [-0.2, 0) is 4.74 Å². The van der Waals surface area contributed by atoms with Gasteiger partial charge in [0.1, 0.15) is 0 Å². The standard InChI is InChI=1S/C8H16OSi/c1-7(2)8(10)5-3-4-6-9-8/h1,3-6H2,2,10H3. The van der Waals surface area contributed by atoms with Crippen LogP contribution in [0.4, 0.5) is 0 Å². The van der Waals surface area contributed by atoms with E-state index in [1.165, 1.54) is 24.8 Å². The normalized spacial score (nSPS) is 34.1. The number of ether oxygens (including phenoxy) is 1. The zero-order chi connectivity index (χ0) is 7.61. The summed E-state index contributed by atoms with van der Waals surface area (Å²) in [6.45, 7) is 6.98. The van der Waals surface area contributed by atoms with Crippen LogP contribution in [-0.4, -0.2) is 22.1 Å². The Morgan fingerprint density at radius 3 is 2.60 bits per heavy atom. The molecule has 1 aliphatic rings. The Labute approximate surface area is 65.9 Å². The summed E-state index contributed by atoms with van der Waals surface area (Å²) in [6, 6.07) is 0. The summed E-state index contributed by atoms with van der Waals surface area (Å²) in [6.07, 6.45) is 3.75. The predicted molar refractivity (Wildman–Crippen MR) is 47.3 cm³/mol. The van der Waals surface area contributed by atoms with Crippen molar-refractivity contribution in [1.29, 1.82) is 0 Å². The van der Waals surface area contributed by atoms with E-state index in [0.717, 1.165) is 16.8 Å². The average Bonchev–Trinajstić information content (AvgIpc) is 1.89. The van der Waals surface area contributed by atoms with E-state index >= 15 is 0 Å². The van der Waals surface area contributed by atoms with Crippen LogP contribution in [0, 0.1) is 0 Å². The molecule has 0 bridgehead atoms. The van der Waals surface area contributed by atoms with Crippen molar-refractivity contribution in [1.82, 2.24) is 0 Å². The van der Waals surface area contributed by atoms with Gasteiger partial charge in [0, 0.05) is 16.8 Å². The molecule has 1 saturated heterocycles. The average molecular weight is 156 g/mol. The highest BCUT2D eigenvalue weighted by Crippen LogP contribution is 2.27. The molecule has 1 rings (SSSR count). The first kappa shape index (κ1) is 8.02. The smallest absolute Gasteiger partial charge is 0.0679 e. The van der Waals surface area contributed by atoms with Crippen LogP contribution < -0.4 is 0 Å². The molecular formula is C8H16OSi. The SMILES string of the molecule is C=C(C)C1([SiH3])CCCCO1. The van der Waals surface area contributed by atoms with Gasteiger partial charge in [-0.2, -0.15) is 0 Å². The van der Waals surface area contributed by atoms with Crippen molar-refractivity contribution in [3.05, 3.63) is 12.2 Å². The number of hydrogen-bond acceptors (Lipinski definition) is 1. The van der Waals surface area contributed by atoms with E-state index in [2.05, 4.69) is 13.5 Å². The molecule has 0 N–H and O–H groups in total. The summed E-state index contributed by atoms with van der Waals surface area (Å²) in [5.74, 6) is 0. The summed E-state index contributed by atoms with van der Waals surface area (Å²) in [7, 11) is 1.09. The minimum atomic E-state index is 0.123. The molecule has 0 spiro atoms. The summed E-state index contributed by atoms with van der Waals surface area (Å²) >= 11 is 0. The molecule has 1 atom stereocenters. The van der Waals surface area contributed by atoms with Crippen molar-refractivity contribution in [2.75, 3.05) is 6.61 Å². The van der Waals surface area contributed by atoms with Gasteiger partial charge >= 0.3 is 0 Å². The van der Waals surface area contributed by atoms with Gasteiger partial charge < -0.3 is 4.74 Å². The second-order valence-electron chi connectivity index (χ2n) is 3.32. The first-order chi connectivity index (χ1) is 4.65. The van der Waals surface area contributed by atoms with Crippen LogP contribution in [0.1, 0.15) is 26.2 Å². The van der Waals surface area contributed by atoms with Crippen molar-refractivity contribution < 1.29 is 4.74 Å². The van der Waals surface area contributed by atoms with Crippen LogP contribution in [0.3, 0.4) is 0 Å². The Bertz CT molecular complexity index is 136. The topological polar surface area (TPSA) is 9.23 Å². The highest BCUT2D eigenvalue weighted by molar-refractivity contribution is 6.16. The van der Waals surface area contributed by atoms with E-state index in [9.17, 15) is 0 Å². The summed E-state index contributed by atoms with van der Waals surface area (Å²) in [5, 5.41) is 0.123. The van der Waals surface area contributed by atoms with E-state index in [-0.39, 0.29) is 5.22 Å². The number of hydrogen-bond donors (Lipinski definition) is 0. The van der Waals surface area contributed by atoms with Crippen LogP contribution in [0.25, 0.3) is 0 Å². The Balaban J connectivity index is 2.56. The minimum Gasteiger partial charge on any atom is -0.375 e. The second kappa shape index (κ2) is 2.89. The molecule has 1 aliphatic heterocycles. The lowest BCUT2D eigenvalue weighted by Gasteiger charge is -2.34. The molecule has 0 aliphatic carbocycles. The van der Waals surface area contributed by atoms with Crippen molar-refractivity contribution in [3.63, 3.8) is 0 Å². The van der Waals surface area contributed by atoms with Crippen molar-refractivity contribution >= 4 is 10.2 Å². The first-order valence-electron chi connectivity index (χ1n) is 3.95. The molecule has 0 aromatic rings. The van der Waals surface area contributed by atoms with Crippen LogP contribution in [0.5, 0.6) is 0 Å². The molecular weight excluding hydrogens is 140 g/mol. The predicted octanol–water partition coefficient (Wildman–Crippen LogP) is 0.825. The third kappa shape index (κ3) is 1.50. The molecule has 1 fully saturated rings. The highest BCUT2D eigenvalue weighted by atomic mass is 28.1. The lowest BCUT2D eigenvalue weighted by molar-refractivity contribution is 0.00789. The minimum absolute atomic E-state index is 0.123. The highest BCUT2D eigenvalue weighted by Gasteiger charge is 2.27. The lowest BCUT2D eigenvalue weighted by atomic mass is 10.0.